The first kappa shape index (κ1) is 12.4. The number of benzene rings is 1. The van der Waals surface area contributed by atoms with Crippen molar-refractivity contribution in [2.24, 2.45) is 0 Å². The number of ether oxygens (including phenoxy) is 1. The molecule has 18 heavy (non-hydrogen) atoms. The molecule has 0 radical (unpaired) electrons. The predicted octanol–water partition coefficient (Wildman–Crippen LogP) is 3.74. The van der Waals surface area contributed by atoms with Gasteiger partial charge in [0.25, 0.3) is 0 Å². The van der Waals surface area contributed by atoms with Crippen molar-refractivity contribution >= 4 is 6.08 Å². The third kappa shape index (κ3) is 3.74. The highest BCUT2D eigenvalue weighted by Gasteiger charge is 1.91. The van der Waals surface area contributed by atoms with Crippen LogP contribution in [-0.2, 0) is 6.42 Å². The SMILES string of the molecule is COc1ccc(/C=C/CCc2ccccn2)cc1. The van der Waals surface area contributed by atoms with E-state index in [4.69, 9.17) is 4.74 Å². The Morgan fingerprint density at radius 1 is 1.11 bits per heavy atom. The van der Waals surface area contributed by atoms with E-state index < -0.39 is 0 Å². The summed E-state index contributed by atoms with van der Waals surface area (Å²) in [7, 11) is 1.68. The number of aromatic nitrogens is 1. The van der Waals surface area contributed by atoms with Crippen molar-refractivity contribution < 1.29 is 4.74 Å². The standard InChI is InChI=1S/C16H17NO/c1-18-16-11-9-14(10-12-16)6-2-3-7-15-8-4-5-13-17-15/h2,4-6,8-13H,3,7H2,1H3/b6-2+. The molecule has 0 aliphatic rings. The van der Waals surface area contributed by atoms with Crippen molar-refractivity contribution in [2.75, 3.05) is 7.11 Å². The van der Waals surface area contributed by atoms with Gasteiger partial charge >= 0.3 is 0 Å². The molecular weight excluding hydrogens is 222 g/mol. The number of rotatable bonds is 5. The summed E-state index contributed by atoms with van der Waals surface area (Å²) in [5, 5.41) is 0. The molecule has 0 atom stereocenters. The second kappa shape index (κ2) is 6.60. The molecule has 1 aromatic carbocycles. The Hall–Kier alpha value is -2.09. The molecular formula is C16H17NO. The number of pyridine rings is 1. The molecule has 0 saturated carbocycles. The van der Waals surface area contributed by atoms with E-state index in [2.05, 4.69) is 35.3 Å². The van der Waals surface area contributed by atoms with Gasteiger partial charge in [-0.25, -0.2) is 0 Å². The van der Waals surface area contributed by atoms with Crippen molar-refractivity contribution in [2.45, 2.75) is 12.8 Å². The minimum absolute atomic E-state index is 0.889. The molecule has 0 aliphatic heterocycles. The minimum Gasteiger partial charge on any atom is -0.497 e. The summed E-state index contributed by atoms with van der Waals surface area (Å²) in [6.07, 6.45) is 8.12. The van der Waals surface area contributed by atoms with E-state index in [-0.39, 0.29) is 0 Å². The Kier molecular flexibility index (Phi) is 4.53. The zero-order valence-electron chi connectivity index (χ0n) is 10.5. The molecule has 0 saturated heterocycles. The van der Waals surface area contributed by atoms with Crippen LogP contribution in [0.4, 0.5) is 0 Å². The topological polar surface area (TPSA) is 22.1 Å². The van der Waals surface area contributed by atoms with Gasteiger partial charge in [0.1, 0.15) is 5.75 Å². The van der Waals surface area contributed by atoms with Crippen LogP contribution in [-0.4, -0.2) is 12.1 Å². The minimum atomic E-state index is 0.889. The highest BCUT2D eigenvalue weighted by atomic mass is 16.5. The average molecular weight is 239 g/mol. The van der Waals surface area contributed by atoms with Gasteiger partial charge in [-0.05, 0) is 42.7 Å². The second-order valence-electron chi connectivity index (χ2n) is 4.04. The Morgan fingerprint density at radius 2 is 1.94 bits per heavy atom. The molecule has 2 aromatic rings. The van der Waals surface area contributed by atoms with Crippen molar-refractivity contribution in [3.05, 3.63) is 66.0 Å². The van der Waals surface area contributed by atoms with Crippen LogP contribution in [0.3, 0.4) is 0 Å². The predicted molar refractivity (Wildman–Crippen MR) is 74.6 cm³/mol. The first-order valence-corrected chi connectivity index (χ1v) is 6.09. The largest absolute Gasteiger partial charge is 0.497 e. The van der Waals surface area contributed by atoms with Crippen molar-refractivity contribution in [1.82, 2.24) is 4.98 Å². The van der Waals surface area contributed by atoms with Crippen LogP contribution in [0.25, 0.3) is 6.08 Å². The lowest BCUT2D eigenvalue weighted by molar-refractivity contribution is 0.415. The van der Waals surface area contributed by atoms with Gasteiger partial charge in [0.15, 0.2) is 0 Å². The van der Waals surface area contributed by atoms with Gasteiger partial charge in [0.2, 0.25) is 0 Å². The maximum atomic E-state index is 5.12. The van der Waals surface area contributed by atoms with Gasteiger partial charge in [-0.3, -0.25) is 4.98 Å². The zero-order valence-corrected chi connectivity index (χ0v) is 10.5. The number of hydrogen-bond donors (Lipinski definition) is 0. The molecule has 92 valence electrons. The number of hydrogen-bond acceptors (Lipinski definition) is 2. The zero-order chi connectivity index (χ0) is 12.6. The van der Waals surface area contributed by atoms with Gasteiger partial charge in [-0.15, -0.1) is 0 Å². The molecule has 1 heterocycles. The lowest BCUT2D eigenvalue weighted by Crippen LogP contribution is -1.86. The molecule has 1 aromatic heterocycles. The Labute approximate surface area is 108 Å². The van der Waals surface area contributed by atoms with E-state index in [9.17, 15) is 0 Å². The summed E-state index contributed by atoms with van der Waals surface area (Å²) in [6, 6.07) is 14.1. The molecule has 0 unspecified atom stereocenters. The third-order valence-corrected chi connectivity index (χ3v) is 2.72. The maximum Gasteiger partial charge on any atom is 0.118 e. The van der Waals surface area contributed by atoms with Crippen LogP contribution in [0.15, 0.2) is 54.7 Å². The molecule has 0 amide bonds. The van der Waals surface area contributed by atoms with E-state index in [0.717, 1.165) is 24.3 Å². The van der Waals surface area contributed by atoms with Gasteiger partial charge in [0, 0.05) is 11.9 Å². The van der Waals surface area contributed by atoms with E-state index in [1.165, 1.54) is 5.56 Å². The fraction of sp³-hybridized carbons (Fsp3) is 0.188. The molecule has 2 rings (SSSR count). The van der Waals surface area contributed by atoms with Crippen molar-refractivity contribution in [3.8, 4) is 5.75 Å². The van der Waals surface area contributed by atoms with E-state index in [0.29, 0.717) is 0 Å². The maximum absolute atomic E-state index is 5.12. The van der Waals surface area contributed by atoms with Crippen LogP contribution in [0.2, 0.25) is 0 Å². The fourth-order valence-corrected chi connectivity index (χ4v) is 1.71. The second-order valence-corrected chi connectivity index (χ2v) is 4.04. The monoisotopic (exact) mass is 239 g/mol. The Balaban J connectivity index is 1.84. The summed E-state index contributed by atoms with van der Waals surface area (Å²) in [5.41, 5.74) is 2.33. The van der Waals surface area contributed by atoms with Crippen LogP contribution in [0, 0.1) is 0 Å². The lowest BCUT2D eigenvalue weighted by atomic mass is 10.1. The number of allylic oxidation sites excluding steroid dienone is 1. The van der Waals surface area contributed by atoms with Gasteiger partial charge in [-0.2, -0.15) is 0 Å². The van der Waals surface area contributed by atoms with Crippen molar-refractivity contribution in [3.63, 3.8) is 0 Å². The Bertz CT molecular complexity index is 488. The summed E-state index contributed by atoms with van der Waals surface area (Å²) < 4.78 is 5.12. The molecule has 0 aliphatic carbocycles. The molecule has 2 heteroatoms. The summed E-state index contributed by atoms with van der Waals surface area (Å²) in [5.74, 6) is 0.889. The first-order chi connectivity index (χ1) is 8.88. The van der Waals surface area contributed by atoms with Crippen molar-refractivity contribution in [1.29, 1.82) is 0 Å². The van der Waals surface area contributed by atoms with Crippen LogP contribution in [0.1, 0.15) is 17.7 Å². The van der Waals surface area contributed by atoms with E-state index >= 15 is 0 Å². The lowest BCUT2D eigenvalue weighted by Gasteiger charge is -1.99. The number of aryl methyl sites for hydroxylation is 1. The average Bonchev–Trinajstić information content (AvgIpc) is 2.45. The Morgan fingerprint density at radius 3 is 2.61 bits per heavy atom. The third-order valence-electron chi connectivity index (χ3n) is 2.72. The number of nitrogens with zero attached hydrogens (tertiary/aromatic N) is 1. The number of methoxy groups -OCH3 is 1. The van der Waals surface area contributed by atoms with Gasteiger partial charge < -0.3 is 4.74 Å². The highest BCUT2D eigenvalue weighted by Crippen LogP contribution is 2.12. The van der Waals surface area contributed by atoms with Crippen LogP contribution < -0.4 is 4.74 Å². The van der Waals surface area contributed by atoms with Crippen LogP contribution >= 0.6 is 0 Å². The molecule has 2 nitrogen and oxygen atoms in total. The van der Waals surface area contributed by atoms with E-state index in [1.807, 2.05) is 30.5 Å². The summed E-state index contributed by atoms with van der Waals surface area (Å²) in [6.45, 7) is 0. The summed E-state index contributed by atoms with van der Waals surface area (Å²) >= 11 is 0. The molecule has 0 spiro atoms. The smallest absolute Gasteiger partial charge is 0.118 e. The van der Waals surface area contributed by atoms with Gasteiger partial charge in [0.05, 0.1) is 7.11 Å². The van der Waals surface area contributed by atoms with E-state index in [1.54, 1.807) is 7.11 Å². The molecule has 0 bridgehead atoms. The normalized spacial score (nSPS) is 10.7. The van der Waals surface area contributed by atoms with Crippen LogP contribution in [0.5, 0.6) is 5.75 Å². The quantitative estimate of drug-likeness (QED) is 0.793. The first-order valence-electron chi connectivity index (χ1n) is 6.09. The molecule has 0 N–H and O–H groups in total. The molecule has 0 fully saturated rings. The highest BCUT2D eigenvalue weighted by molar-refractivity contribution is 5.50. The fourth-order valence-electron chi connectivity index (χ4n) is 1.71. The summed E-state index contributed by atoms with van der Waals surface area (Å²) in [4.78, 5) is 4.30. The van der Waals surface area contributed by atoms with Gasteiger partial charge in [-0.1, -0.05) is 30.4 Å².